The van der Waals surface area contributed by atoms with Gasteiger partial charge >= 0.3 is 0 Å². The molecule has 37 heavy (non-hydrogen) atoms. The Kier molecular flexibility index (Phi) is 7.40. The van der Waals surface area contributed by atoms with Crippen LogP contribution >= 0.6 is 0 Å². The normalized spacial score (nSPS) is 11.5. The van der Waals surface area contributed by atoms with Crippen LogP contribution < -0.4 is 10.5 Å². The smallest absolute Gasteiger partial charge is 0.230 e. The second-order valence-corrected chi connectivity index (χ2v) is 10.9. The molecule has 0 saturated carbocycles. The van der Waals surface area contributed by atoms with Gasteiger partial charge in [-0.1, -0.05) is 30.7 Å². The molecule has 9 nitrogen and oxygen atoms in total. The van der Waals surface area contributed by atoms with Gasteiger partial charge in [0.25, 0.3) is 0 Å². The molecule has 4 aromatic rings. The summed E-state index contributed by atoms with van der Waals surface area (Å²) in [4.78, 5) is 21.8. The van der Waals surface area contributed by atoms with Crippen LogP contribution in [0.1, 0.15) is 40.4 Å². The monoisotopic (exact) mass is 519 g/mol. The van der Waals surface area contributed by atoms with Gasteiger partial charge in [-0.15, -0.1) is 0 Å². The number of benzene rings is 1. The molecule has 0 spiro atoms. The zero-order chi connectivity index (χ0) is 26.7. The van der Waals surface area contributed by atoms with Gasteiger partial charge in [0.1, 0.15) is 17.3 Å². The predicted molar refractivity (Wildman–Crippen MR) is 142 cm³/mol. The fourth-order valence-corrected chi connectivity index (χ4v) is 5.27. The molecule has 0 aliphatic heterocycles. The first-order valence-electron chi connectivity index (χ1n) is 11.9. The SMILES string of the molecule is CCCn1cc(-c2ccc(C(=O)CS(=O)(=O)c3cccc(N)n3)c(Oc3c(C)cc(C)cc3C)n2)cn1. The molecule has 0 aliphatic carbocycles. The Morgan fingerprint density at radius 2 is 1.78 bits per heavy atom. The van der Waals surface area contributed by atoms with Crippen LogP contribution in [0.4, 0.5) is 5.82 Å². The van der Waals surface area contributed by atoms with Crippen LogP contribution in [0.25, 0.3) is 11.3 Å². The van der Waals surface area contributed by atoms with E-state index < -0.39 is 21.4 Å². The van der Waals surface area contributed by atoms with Crippen molar-refractivity contribution in [3.63, 3.8) is 0 Å². The Balaban J connectivity index is 1.75. The predicted octanol–water partition coefficient (Wildman–Crippen LogP) is 4.71. The Labute approximate surface area is 216 Å². The summed E-state index contributed by atoms with van der Waals surface area (Å²) < 4.78 is 33.9. The number of ether oxygens (including phenoxy) is 1. The molecule has 0 aliphatic rings. The number of nitrogen functional groups attached to an aromatic ring is 1. The van der Waals surface area contributed by atoms with E-state index >= 15 is 0 Å². The van der Waals surface area contributed by atoms with Gasteiger partial charge in [0, 0.05) is 18.3 Å². The highest BCUT2D eigenvalue weighted by atomic mass is 32.2. The molecule has 10 heteroatoms. The number of hydrogen-bond donors (Lipinski definition) is 1. The summed E-state index contributed by atoms with van der Waals surface area (Å²) in [5, 5.41) is 4.09. The van der Waals surface area contributed by atoms with E-state index in [1.54, 1.807) is 18.3 Å². The average Bonchev–Trinajstić information content (AvgIpc) is 3.30. The van der Waals surface area contributed by atoms with Crippen LogP contribution in [0, 0.1) is 20.8 Å². The van der Waals surface area contributed by atoms with E-state index in [2.05, 4.69) is 22.0 Å². The molecule has 0 atom stereocenters. The van der Waals surface area contributed by atoms with E-state index in [1.165, 1.54) is 18.2 Å². The summed E-state index contributed by atoms with van der Waals surface area (Å²) in [7, 11) is -4.04. The van der Waals surface area contributed by atoms with Crippen molar-refractivity contribution in [3.8, 4) is 22.9 Å². The topological polar surface area (TPSA) is 130 Å². The number of sulfone groups is 1. The number of ketones is 1. The number of aromatic nitrogens is 4. The summed E-state index contributed by atoms with van der Waals surface area (Å²) in [6.07, 6.45) is 4.50. The summed E-state index contributed by atoms with van der Waals surface area (Å²) >= 11 is 0. The van der Waals surface area contributed by atoms with Crippen molar-refractivity contribution in [2.45, 2.75) is 45.7 Å². The molecule has 3 aromatic heterocycles. The molecule has 1 aromatic carbocycles. The third-order valence-electron chi connectivity index (χ3n) is 5.73. The van der Waals surface area contributed by atoms with Gasteiger partial charge in [-0.05, 0) is 62.6 Å². The van der Waals surface area contributed by atoms with E-state index in [0.717, 1.165) is 35.2 Å². The van der Waals surface area contributed by atoms with Crippen molar-refractivity contribution in [1.29, 1.82) is 0 Å². The van der Waals surface area contributed by atoms with Crippen molar-refractivity contribution < 1.29 is 17.9 Å². The Bertz CT molecular complexity index is 1550. The number of nitrogens with zero attached hydrogens (tertiary/aromatic N) is 4. The molecule has 192 valence electrons. The Hall–Kier alpha value is -4.05. The largest absolute Gasteiger partial charge is 0.438 e. The van der Waals surface area contributed by atoms with E-state index in [1.807, 2.05) is 43.8 Å². The molecule has 0 fully saturated rings. The number of hydrogen-bond acceptors (Lipinski definition) is 8. The highest BCUT2D eigenvalue weighted by Gasteiger charge is 2.26. The van der Waals surface area contributed by atoms with Crippen LogP contribution in [0.15, 0.2) is 59.9 Å². The first kappa shape index (κ1) is 26.0. The number of Topliss-reactive ketones (excluding diaryl/α,β-unsaturated/α-hetero) is 1. The number of carbonyl (C=O) groups excluding carboxylic acids is 1. The molecule has 0 saturated heterocycles. The lowest BCUT2D eigenvalue weighted by Crippen LogP contribution is -2.19. The summed E-state index contributed by atoms with van der Waals surface area (Å²) in [5.41, 5.74) is 9.82. The maximum atomic E-state index is 13.3. The zero-order valence-corrected chi connectivity index (χ0v) is 22.0. The molecule has 4 rings (SSSR count). The number of carbonyl (C=O) groups is 1. The quantitative estimate of drug-likeness (QED) is 0.315. The minimum Gasteiger partial charge on any atom is -0.438 e. The molecule has 0 unspecified atom stereocenters. The van der Waals surface area contributed by atoms with E-state index in [9.17, 15) is 13.2 Å². The molecule has 0 radical (unpaired) electrons. The van der Waals surface area contributed by atoms with Gasteiger partial charge < -0.3 is 10.5 Å². The van der Waals surface area contributed by atoms with Crippen molar-refractivity contribution >= 4 is 21.4 Å². The number of anilines is 1. The van der Waals surface area contributed by atoms with Gasteiger partial charge in [-0.25, -0.2) is 18.4 Å². The second-order valence-electron chi connectivity index (χ2n) is 8.95. The Morgan fingerprint density at radius 1 is 1.05 bits per heavy atom. The summed E-state index contributed by atoms with van der Waals surface area (Å²) in [6, 6.07) is 11.4. The van der Waals surface area contributed by atoms with Gasteiger partial charge in [-0.3, -0.25) is 9.48 Å². The van der Waals surface area contributed by atoms with Crippen LogP contribution in [-0.4, -0.2) is 39.7 Å². The molecule has 3 heterocycles. The Morgan fingerprint density at radius 3 is 2.46 bits per heavy atom. The molecular formula is C27H29N5O4S. The lowest BCUT2D eigenvalue weighted by Gasteiger charge is -2.15. The standard InChI is InChI=1S/C27H29N5O4S/c1-5-11-32-15-20(14-29-32)22-10-9-21(23(33)16-37(34,35)25-8-6-7-24(28)31-25)27(30-22)36-26-18(3)12-17(2)13-19(26)4/h6-10,12-15H,5,11,16H2,1-4H3,(H2,28,31). The maximum Gasteiger partial charge on any atom is 0.230 e. The number of nitrogens with two attached hydrogens (primary N) is 1. The van der Waals surface area contributed by atoms with Crippen molar-refractivity contribution in [1.82, 2.24) is 19.7 Å². The molecule has 0 amide bonds. The minimum absolute atomic E-state index is 0.0246. The minimum atomic E-state index is -4.04. The van der Waals surface area contributed by atoms with Gasteiger partial charge in [0.2, 0.25) is 15.7 Å². The number of aryl methyl sites for hydroxylation is 4. The maximum absolute atomic E-state index is 13.3. The number of rotatable bonds is 9. The fourth-order valence-electron chi connectivity index (χ4n) is 4.09. The lowest BCUT2D eigenvalue weighted by atomic mass is 10.1. The van der Waals surface area contributed by atoms with Gasteiger partial charge in [-0.2, -0.15) is 5.10 Å². The van der Waals surface area contributed by atoms with E-state index in [0.29, 0.717) is 11.4 Å². The van der Waals surface area contributed by atoms with Crippen LogP contribution in [-0.2, 0) is 16.4 Å². The van der Waals surface area contributed by atoms with Crippen LogP contribution in [0.5, 0.6) is 11.6 Å². The average molecular weight is 520 g/mol. The molecular weight excluding hydrogens is 490 g/mol. The van der Waals surface area contributed by atoms with E-state index in [4.69, 9.17) is 10.5 Å². The van der Waals surface area contributed by atoms with Gasteiger partial charge in [0.05, 0.1) is 17.5 Å². The third-order valence-corrected chi connectivity index (χ3v) is 7.24. The lowest BCUT2D eigenvalue weighted by molar-refractivity contribution is 0.101. The third kappa shape index (κ3) is 5.86. The van der Waals surface area contributed by atoms with Crippen LogP contribution in [0.2, 0.25) is 0 Å². The first-order valence-corrected chi connectivity index (χ1v) is 13.5. The zero-order valence-electron chi connectivity index (χ0n) is 21.2. The van der Waals surface area contributed by atoms with Crippen LogP contribution in [0.3, 0.4) is 0 Å². The molecule has 0 bridgehead atoms. The van der Waals surface area contributed by atoms with Crippen molar-refractivity contribution in [2.75, 3.05) is 11.5 Å². The highest BCUT2D eigenvalue weighted by Crippen LogP contribution is 2.33. The first-order chi connectivity index (χ1) is 17.6. The van der Waals surface area contributed by atoms with Crippen molar-refractivity contribution in [3.05, 3.63) is 77.1 Å². The number of pyridine rings is 2. The fraction of sp³-hybridized carbons (Fsp3) is 0.259. The summed E-state index contributed by atoms with van der Waals surface area (Å²) in [6.45, 7) is 8.63. The highest BCUT2D eigenvalue weighted by molar-refractivity contribution is 7.92. The summed E-state index contributed by atoms with van der Waals surface area (Å²) in [5.74, 6) is -0.830. The molecule has 2 N–H and O–H groups in total. The second kappa shape index (κ2) is 10.5. The van der Waals surface area contributed by atoms with Crippen molar-refractivity contribution in [2.24, 2.45) is 0 Å². The van der Waals surface area contributed by atoms with Gasteiger partial charge in [0.15, 0.2) is 10.8 Å². The van der Waals surface area contributed by atoms with E-state index in [-0.39, 0.29) is 22.3 Å².